The first-order chi connectivity index (χ1) is 16.5. The van der Waals surface area contributed by atoms with Crippen molar-refractivity contribution in [2.45, 2.75) is 19.5 Å². The van der Waals surface area contributed by atoms with Crippen LogP contribution in [0.3, 0.4) is 0 Å². The maximum Gasteiger partial charge on any atom is 0.244 e. The summed E-state index contributed by atoms with van der Waals surface area (Å²) in [5, 5.41) is 9.09. The Morgan fingerprint density at radius 1 is 1.18 bits per heavy atom. The number of thiazole rings is 1. The summed E-state index contributed by atoms with van der Waals surface area (Å²) in [4.78, 5) is 34.4. The number of nitrogens with one attached hydrogen (secondary N) is 1. The number of para-hydroxylation sites is 1. The van der Waals surface area contributed by atoms with E-state index in [0.29, 0.717) is 17.4 Å². The van der Waals surface area contributed by atoms with Crippen molar-refractivity contribution in [3.8, 4) is 0 Å². The minimum atomic E-state index is -0.524. The van der Waals surface area contributed by atoms with Crippen molar-refractivity contribution < 1.29 is 14.0 Å². The monoisotopic (exact) mass is 476 g/mol. The summed E-state index contributed by atoms with van der Waals surface area (Å²) in [5.41, 5.74) is 1.53. The molecule has 4 aromatic rings. The maximum absolute atomic E-state index is 14.2. The van der Waals surface area contributed by atoms with Gasteiger partial charge in [-0.3, -0.25) is 19.2 Å². The molecule has 1 atom stereocenters. The van der Waals surface area contributed by atoms with Gasteiger partial charge >= 0.3 is 0 Å². The fourth-order valence-electron chi connectivity index (χ4n) is 3.31. The number of hydrogen-bond acceptors (Lipinski definition) is 6. The molecular formula is C24H21FN6O2S. The summed E-state index contributed by atoms with van der Waals surface area (Å²) in [5.74, 6) is -1.21. The Balaban J connectivity index is 1.48. The average Bonchev–Trinajstić information content (AvgIpc) is 3.52. The Kier molecular flexibility index (Phi) is 7.19. The van der Waals surface area contributed by atoms with E-state index >= 15 is 0 Å². The van der Waals surface area contributed by atoms with Gasteiger partial charge in [0.25, 0.3) is 0 Å². The molecule has 8 nitrogen and oxygen atoms in total. The van der Waals surface area contributed by atoms with E-state index in [9.17, 15) is 14.0 Å². The zero-order valence-electron chi connectivity index (χ0n) is 18.2. The molecule has 172 valence electrons. The lowest BCUT2D eigenvalue weighted by Crippen LogP contribution is -2.30. The van der Waals surface area contributed by atoms with Gasteiger partial charge in [0.1, 0.15) is 18.5 Å². The van der Waals surface area contributed by atoms with Crippen LogP contribution in [0.25, 0.3) is 6.08 Å². The highest BCUT2D eigenvalue weighted by molar-refractivity contribution is 7.14. The molecule has 0 bridgehead atoms. The molecule has 0 aliphatic heterocycles. The first kappa shape index (κ1) is 23.0. The minimum absolute atomic E-state index is 0.122. The van der Waals surface area contributed by atoms with E-state index in [1.807, 2.05) is 30.3 Å². The van der Waals surface area contributed by atoms with Gasteiger partial charge in [-0.15, -0.1) is 11.3 Å². The van der Waals surface area contributed by atoms with E-state index in [0.717, 1.165) is 5.56 Å². The smallest absolute Gasteiger partial charge is 0.244 e. The minimum Gasteiger partial charge on any atom is -0.344 e. The van der Waals surface area contributed by atoms with Crippen molar-refractivity contribution in [3.63, 3.8) is 0 Å². The molecule has 0 saturated heterocycles. The van der Waals surface area contributed by atoms with Crippen LogP contribution in [0.2, 0.25) is 0 Å². The van der Waals surface area contributed by atoms with Gasteiger partial charge in [0, 0.05) is 18.4 Å². The molecule has 2 amide bonds. The van der Waals surface area contributed by atoms with E-state index < -0.39 is 5.82 Å². The van der Waals surface area contributed by atoms with Crippen molar-refractivity contribution >= 4 is 40.0 Å². The van der Waals surface area contributed by atoms with Gasteiger partial charge in [0.05, 0.1) is 24.0 Å². The van der Waals surface area contributed by atoms with Crippen LogP contribution in [0.15, 0.2) is 78.7 Å². The highest BCUT2D eigenvalue weighted by atomic mass is 32.1. The van der Waals surface area contributed by atoms with Crippen LogP contribution in [0.1, 0.15) is 24.2 Å². The fraction of sp³-hybridized carbons (Fsp3) is 0.125. The molecule has 0 aliphatic rings. The number of benzene rings is 2. The molecule has 10 heteroatoms. The third-order valence-corrected chi connectivity index (χ3v) is 5.71. The number of halogens is 1. The summed E-state index contributed by atoms with van der Waals surface area (Å²) in [6, 6.07) is 15.2. The molecule has 2 aromatic carbocycles. The summed E-state index contributed by atoms with van der Waals surface area (Å²) >= 11 is 1.18. The van der Waals surface area contributed by atoms with Gasteiger partial charge in [-0.25, -0.2) is 14.4 Å². The lowest BCUT2D eigenvalue weighted by molar-refractivity contribution is -0.117. The van der Waals surface area contributed by atoms with E-state index in [2.05, 4.69) is 20.4 Å². The molecule has 1 N–H and O–H groups in total. The van der Waals surface area contributed by atoms with Crippen LogP contribution < -0.4 is 10.2 Å². The van der Waals surface area contributed by atoms with Crippen LogP contribution in [0.4, 0.5) is 15.2 Å². The summed E-state index contributed by atoms with van der Waals surface area (Å²) in [6.45, 7) is 1.76. The third-order valence-electron chi connectivity index (χ3n) is 4.87. The second-order valence-corrected chi connectivity index (χ2v) is 8.12. The first-order valence-electron chi connectivity index (χ1n) is 10.4. The SMILES string of the molecule is CC(=O)N(c1nc(/C=C/C(=O)NC(Cn2cncn2)c2ccccc2)cs1)c1ccccc1F. The molecular weight excluding hydrogens is 455 g/mol. The van der Waals surface area contributed by atoms with Crippen LogP contribution in [0, 0.1) is 5.82 Å². The fourth-order valence-corrected chi connectivity index (χ4v) is 4.16. The number of rotatable bonds is 8. The molecule has 1 unspecified atom stereocenters. The topological polar surface area (TPSA) is 93.0 Å². The van der Waals surface area contributed by atoms with E-state index in [4.69, 9.17) is 0 Å². The maximum atomic E-state index is 14.2. The van der Waals surface area contributed by atoms with Crippen molar-refractivity contribution in [3.05, 3.63) is 95.8 Å². The number of carbonyl (C=O) groups is 2. The van der Waals surface area contributed by atoms with Crippen molar-refractivity contribution in [2.75, 3.05) is 4.90 Å². The summed E-state index contributed by atoms with van der Waals surface area (Å²) < 4.78 is 15.9. The molecule has 4 rings (SSSR count). The lowest BCUT2D eigenvalue weighted by Gasteiger charge is -2.18. The van der Waals surface area contributed by atoms with Crippen LogP contribution in [0.5, 0.6) is 0 Å². The van der Waals surface area contributed by atoms with Crippen LogP contribution in [-0.2, 0) is 16.1 Å². The number of aromatic nitrogens is 4. The Bertz CT molecular complexity index is 1290. The van der Waals surface area contributed by atoms with Gasteiger partial charge in [-0.1, -0.05) is 42.5 Å². The van der Waals surface area contributed by atoms with Crippen molar-refractivity contribution in [1.82, 2.24) is 25.1 Å². The largest absolute Gasteiger partial charge is 0.344 e. The second kappa shape index (κ2) is 10.6. The molecule has 2 heterocycles. The molecule has 0 saturated carbocycles. The molecule has 0 spiro atoms. The first-order valence-corrected chi connectivity index (χ1v) is 11.3. The molecule has 0 radical (unpaired) electrons. The quantitative estimate of drug-likeness (QED) is 0.386. The average molecular weight is 477 g/mol. The molecule has 0 aliphatic carbocycles. The molecule has 34 heavy (non-hydrogen) atoms. The van der Waals surface area contributed by atoms with E-state index in [-0.39, 0.29) is 23.5 Å². The number of anilines is 2. The van der Waals surface area contributed by atoms with Crippen LogP contribution >= 0.6 is 11.3 Å². The summed E-state index contributed by atoms with van der Waals surface area (Å²) in [7, 11) is 0. The highest BCUT2D eigenvalue weighted by Gasteiger charge is 2.20. The van der Waals surface area contributed by atoms with E-state index in [1.165, 1.54) is 47.7 Å². The number of hydrogen-bond donors (Lipinski definition) is 1. The van der Waals surface area contributed by atoms with Gasteiger partial charge in [-0.2, -0.15) is 5.10 Å². The standard InChI is InChI=1S/C24H21FN6O2S/c1-17(32)31(22-10-6-5-9-20(22)25)24-28-19(14-34-24)11-12-23(33)29-21(13-30-16-26-15-27-30)18-7-3-2-4-8-18/h2-12,14-16,21H,13H2,1H3,(H,29,33)/b12-11+. The predicted octanol–water partition coefficient (Wildman–Crippen LogP) is 4.13. The van der Waals surface area contributed by atoms with Gasteiger partial charge in [0.15, 0.2) is 5.13 Å². The lowest BCUT2D eigenvalue weighted by atomic mass is 10.1. The van der Waals surface area contributed by atoms with Gasteiger partial charge in [-0.05, 0) is 23.8 Å². The number of carbonyl (C=O) groups excluding carboxylic acids is 2. The Labute approximate surface area is 199 Å². The van der Waals surface area contributed by atoms with E-state index in [1.54, 1.807) is 34.6 Å². The van der Waals surface area contributed by atoms with Crippen LogP contribution in [-0.4, -0.2) is 31.6 Å². The Morgan fingerprint density at radius 2 is 1.94 bits per heavy atom. The van der Waals surface area contributed by atoms with Crippen molar-refractivity contribution in [1.29, 1.82) is 0 Å². The van der Waals surface area contributed by atoms with Crippen molar-refractivity contribution in [2.24, 2.45) is 0 Å². The molecule has 0 fully saturated rings. The zero-order chi connectivity index (χ0) is 23.9. The molecule has 2 aromatic heterocycles. The Hall–Kier alpha value is -4.18. The highest BCUT2D eigenvalue weighted by Crippen LogP contribution is 2.31. The van der Waals surface area contributed by atoms with Gasteiger partial charge < -0.3 is 5.32 Å². The number of nitrogens with zero attached hydrogens (tertiary/aromatic N) is 5. The Morgan fingerprint density at radius 3 is 2.65 bits per heavy atom. The predicted molar refractivity (Wildman–Crippen MR) is 128 cm³/mol. The zero-order valence-corrected chi connectivity index (χ0v) is 19.0. The summed E-state index contributed by atoms with van der Waals surface area (Å²) in [6.07, 6.45) is 5.95. The second-order valence-electron chi connectivity index (χ2n) is 7.28. The van der Waals surface area contributed by atoms with Gasteiger partial charge in [0.2, 0.25) is 11.8 Å². The number of amides is 2. The normalized spacial score (nSPS) is 11.9. The third kappa shape index (κ3) is 5.59.